The van der Waals surface area contributed by atoms with E-state index in [4.69, 9.17) is 5.11 Å². The number of carboxylic acids is 1. The standard InChI is InChI=1S/C15H18N2O2/c1-15(2,9-14(18)19)10-5-6-11-12(8-10)17-7-3-4-13(17)16-11/h5-6,8H,3-4,7,9H2,1-2H3,(H,18,19). The zero-order valence-electron chi connectivity index (χ0n) is 11.3. The second kappa shape index (κ2) is 4.08. The highest BCUT2D eigenvalue weighted by molar-refractivity contribution is 5.78. The zero-order valence-corrected chi connectivity index (χ0v) is 11.3. The lowest BCUT2D eigenvalue weighted by Gasteiger charge is -2.23. The third-order valence-corrected chi connectivity index (χ3v) is 3.98. The van der Waals surface area contributed by atoms with Crippen molar-refractivity contribution in [2.24, 2.45) is 0 Å². The first kappa shape index (κ1) is 12.2. The first-order valence-electron chi connectivity index (χ1n) is 6.69. The SMILES string of the molecule is CC(C)(CC(=O)O)c1ccc2nc3n(c2c1)CCC3. The van der Waals surface area contributed by atoms with Gasteiger partial charge in [-0.05, 0) is 24.1 Å². The van der Waals surface area contributed by atoms with Crippen LogP contribution in [0.3, 0.4) is 0 Å². The Bertz CT molecular complexity index is 655. The van der Waals surface area contributed by atoms with Crippen molar-refractivity contribution in [3.05, 3.63) is 29.6 Å². The number of aliphatic carboxylic acids is 1. The minimum absolute atomic E-state index is 0.138. The first-order chi connectivity index (χ1) is 8.97. The van der Waals surface area contributed by atoms with Crippen molar-refractivity contribution in [3.8, 4) is 0 Å². The van der Waals surface area contributed by atoms with Gasteiger partial charge in [-0.2, -0.15) is 0 Å². The van der Waals surface area contributed by atoms with Gasteiger partial charge in [-0.3, -0.25) is 4.79 Å². The molecule has 0 radical (unpaired) electrons. The molecular weight excluding hydrogens is 240 g/mol. The van der Waals surface area contributed by atoms with Crippen LogP contribution < -0.4 is 0 Å². The Morgan fingerprint density at radius 3 is 3.00 bits per heavy atom. The van der Waals surface area contributed by atoms with E-state index in [9.17, 15) is 4.79 Å². The molecule has 4 nitrogen and oxygen atoms in total. The average molecular weight is 258 g/mol. The number of hydrogen-bond donors (Lipinski definition) is 1. The highest BCUT2D eigenvalue weighted by atomic mass is 16.4. The number of fused-ring (bicyclic) bond motifs is 3. The molecule has 0 saturated carbocycles. The molecule has 1 aliphatic rings. The number of imidazole rings is 1. The number of carboxylic acid groups (broad SMARTS) is 1. The van der Waals surface area contributed by atoms with Crippen LogP contribution in [0, 0.1) is 0 Å². The maximum atomic E-state index is 11.0. The van der Waals surface area contributed by atoms with E-state index in [1.54, 1.807) is 0 Å². The summed E-state index contributed by atoms with van der Waals surface area (Å²) in [5.41, 5.74) is 2.87. The smallest absolute Gasteiger partial charge is 0.304 e. The molecule has 19 heavy (non-hydrogen) atoms. The van der Waals surface area contributed by atoms with Gasteiger partial charge < -0.3 is 9.67 Å². The van der Waals surface area contributed by atoms with Crippen molar-refractivity contribution in [3.63, 3.8) is 0 Å². The Morgan fingerprint density at radius 1 is 1.47 bits per heavy atom. The number of benzene rings is 1. The summed E-state index contributed by atoms with van der Waals surface area (Å²) in [7, 11) is 0. The lowest BCUT2D eigenvalue weighted by atomic mass is 9.81. The van der Waals surface area contributed by atoms with Gasteiger partial charge in [0.1, 0.15) is 5.82 Å². The van der Waals surface area contributed by atoms with Crippen LogP contribution in [0.1, 0.15) is 38.1 Å². The molecule has 0 spiro atoms. The van der Waals surface area contributed by atoms with Crippen molar-refractivity contribution < 1.29 is 9.90 Å². The number of rotatable bonds is 3. The van der Waals surface area contributed by atoms with Gasteiger partial charge in [-0.15, -0.1) is 0 Å². The number of carbonyl (C=O) groups is 1. The molecule has 2 heterocycles. The van der Waals surface area contributed by atoms with Gasteiger partial charge in [0.15, 0.2) is 0 Å². The molecule has 1 aromatic heterocycles. The topological polar surface area (TPSA) is 55.1 Å². The Hall–Kier alpha value is -1.84. The third kappa shape index (κ3) is 2.01. The van der Waals surface area contributed by atoms with E-state index >= 15 is 0 Å². The summed E-state index contributed by atoms with van der Waals surface area (Å²) in [6.07, 6.45) is 2.34. The second-order valence-electron chi connectivity index (χ2n) is 5.94. The molecule has 0 fully saturated rings. The van der Waals surface area contributed by atoms with E-state index in [1.165, 1.54) is 0 Å². The summed E-state index contributed by atoms with van der Waals surface area (Å²) in [4.78, 5) is 15.6. The summed E-state index contributed by atoms with van der Waals surface area (Å²) >= 11 is 0. The van der Waals surface area contributed by atoms with Crippen molar-refractivity contribution in [1.82, 2.24) is 9.55 Å². The van der Waals surface area contributed by atoms with Gasteiger partial charge in [0, 0.05) is 18.4 Å². The monoisotopic (exact) mass is 258 g/mol. The molecule has 0 saturated heterocycles. The van der Waals surface area contributed by atoms with Crippen LogP contribution in [-0.2, 0) is 23.2 Å². The predicted octanol–water partition coefficient (Wildman–Crippen LogP) is 2.73. The molecule has 100 valence electrons. The zero-order chi connectivity index (χ0) is 13.6. The second-order valence-corrected chi connectivity index (χ2v) is 5.94. The molecular formula is C15H18N2O2. The summed E-state index contributed by atoms with van der Waals surface area (Å²) in [5.74, 6) is 0.395. The molecule has 0 atom stereocenters. The molecule has 0 bridgehead atoms. The van der Waals surface area contributed by atoms with E-state index < -0.39 is 5.97 Å². The van der Waals surface area contributed by atoms with Gasteiger partial charge in [0.25, 0.3) is 0 Å². The predicted molar refractivity (Wildman–Crippen MR) is 73.3 cm³/mol. The molecule has 4 heteroatoms. The van der Waals surface area contributed by atoms with E-state index in [2.05, 4.69) is 15.6 Å². The van der Waals surface area contributed by atoms with Crippen molar-refractivity contribution >= 4 is 17.0 Å². The van der Waals surface area contributed by atoms with E-state index in [0.29, 0.717) is 0 Å². The van der Waals surface area contributed by atoms with Crippen LogP contribution in [0.4, 0.5) is 0 Å². The summed E-state index contributed by atoms with van der Waals surface area (Å²) < 4.78 is 2.26. The maximum absolute atomic E-state index is 11.0. The van der Waals surface area contributed by atoms with Gasteiger partial charge in [0.05, 0.1) is 17.5 Å². The Balaban J connectivity index is 2.08. The largest absolute Gasteiger partial charge is 0.481 e. The fourth-order valence-electron chi connectivity index (χ4n) is 2.91. The Labute approximate surface area is 112 Å². The van der Waals surface area contributed by atoms with Gasteiger partial charge in [-0.1, -0.05) is 19.9 Å². The van der Waals surface area contributed by atoms with Crippen LogP contribution in [0.15, 0.2) is 18.2 Å². The molecule has 3 rings (SSSR count). The maximum Gasteiger partial charge on any atom is 0.304 e. The van der Waals surface area contributed by atoms with Gasteiger partial charge >= 0.3 is 5.97 Å². The third-order valence-electron chi connectivity index (χ3n) is 3.98. The fraction of sp³-hybridized carbons (Fsp3) is 0.467. The summed E-state index contributed by atoms with van der Waals surface area (Å²) in [5, 5.41) is 9.02. The number of hydrogen-bond acceptors (Lipinski definition) is 2. The first-order valence-corrected chi connectivity index (χ1v) is 6.69. The van der Waals surface area contributed by atoms with Crippen LogP contribution in [0.5, 0.6) is 0 Å². The molecule has 1 aromatic carbocycles. The van der Waals surface area contributed by atoms with E-state index in [-0.39, 0.29) is 11.8 Å². The lowest BCUT2D eigenvalue weighted by molar-refractivity contribution is -0.138. The van der Waals surface area contributed by atoms with Gasteiger partial charge in [0.2, 0.25) is 0 Å². The summed E-state index contributed by atoms with van der Waals surface area (Å²) in [6.45, 7) is 4.97. The molecule has 2 aromatic rings. The van der Waals surface area contributed by atoms with Crippen molar-refractivity contribution in [2.75, 3.05) is 0 Å². The quantitative estimate of drug-likeness (QED) is 0.921. The van der Waals surface area contributed by atoms with Crippen LogP contribution in [-0.4, -0.2) is 20.6 Å². The van der Waals surface area contributed by atoms with Crippen LogP contribution in [0.2, 0.25) is 0 Å². The average Bonchev–Trinajstić information content (AvgIpc) is 2.86. The minimum atomic E-state index is -0.761. The van der Waals surface area contributed by atoms with E-state index in [0.717, 1.165) is 41.8 Å². The molecule has 1 aliphatic heterocycles. The van der Waals surface area contributed by atoms with E-state index in [1.807, 2.05) is 26.0 Å². The van der Waals surface area contributed by atoms with Crippen LogP contribution in [0.25, 0.3) is 11.0 Å². The Kier molecular flexibility index (Phi) is 2.62. The lowest BCUT2D eigenvalue weighted by Crippen LogP contribution is -2.21. The normalized spacial score (nSPS) is 14.8. The summed E-state index contributed by atoms with van der Waals surface area (Å²) in [6, 6.07) is 6.13. The Morgan fingerprint density at radius 2 is 2.26 bits per heavy atom. The molecule has 0 aliphatic carbocycles. The highest BCUT2D eigenvalue weighted by Crippen LogP contribution is 2.31. The fourth-order valence-corrected chi connectivity index (χ4v) is 2.91. The minimum Gasteiger partial charge on any atom is -0.481 e. The molecule has 1 N–H and O–H groups in total. The van der Waals surface area contributed by atoms with Crippen LogP contribution >= 0.6 is 0 Å². The molecule has 0 unspecified atom stereocenters. The van der Waals surface area contributed by atoms with Crippen molar-refractivity contribution in [2.45, 2.75) is 45.1 Å². The molecule has 0 amide bonds. The number of aromatic nitrogens is 2. The number of aryl methyl sites for hydroxylation is 2. The number of nitrogens with zero attached hydrogens (tertiary/aromatic N) is 2. The van der Waals surface area contributed by atoms with Crippen molar-refractivity contribution in [1.29, 1.82) is 0 Å². The van der Waals surface area contributed by atoms with Gasteiger partial charge in [-0.25, -0.2) is 4.98 Å². The highest BCUT2D eigenvalue weighted by Gasteiger charge is 2.25.